The van der Waals surface area contributed by atoms with Crippen LogP contribution in [0.25, 0.3) is 0 Å². The van der Waals surface area contributed by atoms with Crippen LogP contribution in [0.1, 0.15) is 17.2 Å². The van der Waals surface area contributed by atoms with E-state index in [1.807, 2.05) is 6.07 Å². The summed E-state index contributed by atoms with van der Waals surface area (Å²) < 4.78 is 16.3. The van der Waals surface area contributed by atoms with E-state index >= 15 is 0 Å². The molecule has 10 heteroatoms. The van der Waals surface area contributed by atoms with Gasteiger partial charge in [-0.1, -0.05) is 12.1 Å². The second kappa shape index (κ2) is 12.7. The lowest BCUT2D eigenvalue weighted by molar-refractivity contribution is -0.124. The Kier molecular flexibility index (Phi) is 9.68. The molecule has 0 radical (unpaired) electrons. The second-order valence-electron chi connectivity index (χ2n) is 6.32. The molecule has 0 aliphatic carbocycles. The number of aliphatic hydroxyl groups excluding tert-OH is 1. The fraction of sp³-hybridized carbons (Fsp3) is 0.227. The van der Waals surface area contributed by atoms with E-state index in [1.54, 1.807) is 48.5 Å². The van der Waals surface area contributed by atoms with Gasteiger partial charge in [0.25, 0.3) is 5.91 Å². The van der Waals surface area contributed by atoms with Crippen molar-refractivity contribution in [2.75, 3.05) is 25.6 Å². The van der Waals surface area contributed by atoms with Gasteiger partial charge in [-0.25, -0.2) is 10.3 Å². The fourth-order valence-corrected chi connectivity index (χ4v) is 2.66. The molecule has 10 nitrogen and oxygen atoms in total. The molecule has 0 bridgehead atoms. The average molecular weight is 441 g/mol. The molecule has 0 saturated heterocycles. The molecule has 2 aromatic carbocycles. The molecule has 0 fully saturated rings. The Morgan fingerprint density at radius 2 is 1.84 bits per heavy atom. The standard InChI is InChI=1S/C22H23N3O7/c1-30-19(10-11-20(27)25-29)21(16-4-8-18(9-5-16)31-13-12-26)32-22(28)24-17-6-2-15(14-23)3-7-17/h2-11,19,21,26,29H,12-13H2,1H3,(H,24,28)(H,25,27)/b11-10+/t19-,21-/m0/s1. The van der Waals surface area contributed by atoms with Crippen LogP contribution >= 0.6 is 0 Å². The van der Waals surface area contributed by atoms with Gasteiger partial charge in [0.15, 0.2) is 6.10 Å². The minimum Gasteiger partial charge on any atom is -0.491 e. The first-order chi connectivity index (χ1) is 15.5. The van der Waals surface area contributed by atoms with Crippen LogP contribution in [0.15, 0.2) is 60.7 Å². The predicted octanol–water partition coefficient (Wildman–Crippen LogP) is 2.30. The molecule has 2 atom stereocenters. The van der Waals surface area contributed by atoms with E-state index in [0.717, 1.165) is 6.08 Å². The van der Waals surface area contributed by atoms with E-state index in [2.05, 4.69) is 5.32 Å². The van der Waals surface area contributed by atoms with E-state index < -0.39 is 24.2 Å². The summed E-state index contributed by atoms with van der Waals surface area (Å²) in [5.41, 5.74) is 2.87. The van der Waals surface area contributed by atoms with E-state index in [9.17, 15) is 9.59 Å². The van der Waals surface area contributed by atoms with E-state index in [4.69, 9.17) is 29.8 Å². The number of carbonyl (C=O) groups is 2. The fourth-order valence-electron chi connectivity index (χ4n) is 2.66. The van der Waals surface area contributed by atoms with Crippen LogP contribution in [0.4, 0.5) is 10.5 Å². The molecule has 32 heavy (non-hydrogen) atoms. The minimum atomic E-state index is -0.965. The Hall–Kier alpha value is -3.91. The van der Waals surface area contributed by atoms with Crippen molar-refractivity contribution in [1.82, 2.24) is 5.48 Å². The highest BCUT2D eigenvalue weighted by Crippen LogP contribution is 2.27. The third kappa shape index (κ3) is 7.41. The normalized spacial score (nSPS) is 12.4. The summed E-state index contributed by atoms with van der Waals surface area (Å²) in [6.45, 7) is -0.00154. The van der Waals surface area contributed by atoms with Gasteiger partial charge in [-0.2, -0.15) is 5.26 Å². The summed E-state index contributed by atoms with van der Waals surface area (Å²) in [6, 6.07) is 14.8. The number of hydrogen-bond donors (Lipinski definition) is 4. The van der Waals surface area contributed by atoms with Gasteiger partial charge >= 0.3 is 6.09 Å². The van der Waals surface area contributed by atoms with Crippen LogP contribution < -0.4 is 15.5 Å². The van der Waals surface area contributed by atoms with Crippen molar-refractivity contribution >= 4 is 17.7 Å². The SMILES string of the molecule is CO[C@@H](/C=C/C(=O)NO)[C@@H](OC(=O)Nc1ccc(C#N)cc1)c1ccc(OCCO)cc1. The summed E-state index contributed by atoms with van der Waals surface area (Å²) in [5, 5.41) is 29.0. The lowest BCUT2D eigenvalue weighted by Crippen LogP contribution is -2.27. The van der Waals surface area contributed by atoms with Crippen LogP contribution in [0, 0.1) is 11.3 Å². The zero-order chi connectivity index (χ0) is 23.3. The Labute approximate surface area is 184 Å². The van der Waals surface area contributed by atoms with Gasteiger partial charge < -0.3 is 19.3 Å². The lowest BCUT2D eigenvalue weighted by Gasteiger charge is -2.24. The number of carbonyl (C=O) groups excluding carboxylic acids is 2. The number of ether oxygens (including phenoxy) is 3. The molecule has 0 aromatic heterocycles. The molecule has 2 rings (SSSR count). The molecule has 2 amide bonds. The van der Waals surface area contributed by atoms with Crippen molar-refractivity contribution in [2.24, 2.45) is 0 Å². The first kappa shape index (κ1) is 24.4. The number of methoxy groups -OCH3 is 1. The number of hydroxylamine groups is 1. The van der Waals surface area contributed by atoms with Crippen molar-refractivity contribution in [1.29, 1.82) is 5.26 Å². The predicted molar refractivity (Wildman–Crippen MR) is 113 cm³/mol. The number of nitrogens with one attached hydrogen (secondary N) is 2. The smallest absolute Gasteiger partial charge is 0.412 e. The summed E-state index contributed by atoms with van der Waals surface area (Å²) >= 11 is 0. The van der Waals surface area contributed by atoms with Crippen molar-refractivity contribution in [2.45, 2.75) is 12.2 Å². The molecule has 0 spiro atoms. The molecule has 0 aliphatic heterocycles. The molecule has 0 unspecified atom stereocenters. The first-order valence-corrected chi connectivity index (χ1v) is 9.47. The molecule has 4 N–H and O–H groups in total. The number of rotatable bonds is 10. The highest BCUT2D eigenvalue weighted by Gasteiger charge is 2.26. The third-order valence-electron chi connectivity index (χ3n) is 4.18. The van der Waals surface area contributed by atoms with Gasteiger partial charge in [0.2, 0.25) is 0 Å². The van der Waals surface area contributed by atoms with Gasteiger partial charge in [0.1, 0.15) is 18.5 Å². The van der Waals surface area contributed by atoms with Crippen LogP contribution in [-0.4, -0.2) is 48.7 Å². The summed E-state index contributed by atoms with van der Waals surface area (Å²) in [6.07, 6.45) is -0.248. The first-order valence-electron chi connectivity index (χ1n) is 9.47. The van der Waals surface area contributed by atoms with Gasteiger partial charge in [0.05, 0.1) is 18.2 Å². The van der Waals surface area contributed by atoms with Crippen LogP contribution in [-0.2, 0) is 14.3 Å². The molecule has 0 aliphatic rings. The number of amides is 2. The molecule has 168 valence electrons. The highest BCUT2D eigenvalue weighted by molar-refractivity contribution is 5.86. The number of nitrogens with zero attached hydrogens (tertiary/aromatic N) is 1. The summed E-state index contributed by atoms with van der Waals surface area (Å²) in [4.78, 5) is 23.9. The largest absolute Gasteiger partial charge is 0.491 e. The molecular weight excluding hydrogens is 418 g/mol. The molecular formula is C22H23N3O7. The van der Waals surface area contributed by atoms with Crippen molar-refractivity contribution in [3.63, 3.8) is 0 Å². The Morgan fingerprint density at radius 3 is 2.41 bits per heavy atom. The van der Waals surface area contributed by atoms with Crippen molar-refractivity contribution in [3.8, 4) is 11.8 Å². The average Bonchev–Trinajstić information content (AvgIpc) is 2.83. The monoisotopic (exact) mass is 441 g/mol. The number of hydrogen-bond acceptors (Lipinski definition) is 8. The summed E-state index contributed by atoms with van der Waals surface area (Å²) in [5.74, 6) is -0.270. The van der Waals surface area contributed by atoms with Crippen LogP contribution in [0.3, 0.4) is 0 Å². The molecule has 0 saturated carbocycles. The number of anilines is 1. The third-order valence-corrected chi connectivity index (χ3v) is 4.18. The second-order valence-corrected chi connectivity index (χ2v) is 6.32. The zero-order valence-electron chi connectivity index (χ0n) is 17.2. The zero-order valence-corrected chi connectivity index (χ0v) is 17.2. The van der Waals surface area contributed by atoms with Gasteiger partial charge in [-0.15, -0.1) is 0 Å². The highest BCUT2D eigenvalue weighted by atomic mass is 16.6. The maximum Gasteiger partial charge on any atom is 0.412 e. The van der Waals surface area contributed by atoms with Crippen LogP contribution in [0.5, 0.6) is 5.75 Å². The summed E-state index contributed by atoms with van der Waals surface area (Å²) in [7, 11) is 1.37. The van der Waals surface area contributed by atoms with E-state index in [-0.39, 0.29) is 13.2 Å². The Morgan fingerprint density at radius 1 is 1.16 bits per heavy atom. The quantitative estimate of drug-likeness (QED) is 0.249. The van der Waals surface area contributed by atoms with Crippen LogP contribution in [0.2, 0.25) is 0 Å². The van der Waals surface area contributed by atoms with Gasteiger partial charge in [-0.05, 0) is 48.0 Å². The van der Waals surface area contributed by atoms with Crippen molar-refractivity contribution < 1.29 is 34.1 Å². The molecule has 2 aromatic rings. The van der Waals surface area contributed by atoms with Gasteiger partial charge in [0, 0.05) is 18.9 Å². The number of benzene rings is 2. The maximum absolute atomic E-state index is 12.5. The lowest BCUT2D eigenvalue weighted by atomic mass is 10.0. The number of nitriles is 1. The molecule has 0 heterocycles. The van der Waals surface area contributed by atoms with Gasteiger partial charge in [-0.3, -0.25) is 15.3 Å². The Balaban J connectivity index is 2.23. The minimum absolute atomic E-state index is 0.131. The number of aliphatic hydroxyl groups is 1. The topological polar surface area (TPSA) is 150 Å². The van der Waals surface area contributed by atoms with E-state index in [0.29, 0.717) is 22.6 Å². The van der Waals surface area contributed by atoms with Crippen molar-refractivity contribution in [3.05, 3.63) is 71.8 Å². The Bertz CT molecular complexity index is 953. The van der Waals surface area contributed by atoms with E-state index in [1.165, 1.54) is 18.7 Å². The maximum atomic E-state index is 12.5.